The molecule has 1 heterocycles. The largest absolute Gasteiger partial charge is 0.479 e. The van der Waals surface area contributed by atoms with Crippen LogP contribution in [0.2, 0.25) is 0 Å². The van der Waals surface area contributed by atoms with Crippen molar-refractivity contribution >= 4 is 11.9 Å². The molecule has 5 heteroatoms. The van der Waals surface area contributed by atoms with Crippen LogP contribution in [0, 0.1) is 0 Å². The van der Waals surface area contributed by atoms with Crippen LogP contribution < -0.4 is 5.32 Å². The van der Waals surface area contributed by atoms with E-state index in [9.17, 15) is 9.59 Å². The first-order chi connectivity index (χ1) is 11.0. The van der Waals surface area contributed by atoms with Gasteiger partial charge in [-0.1, -0.05) is 44.2 Å². The van der Waals surface area contributed by atoms with Crippen LogP contribution in [-0.4, -0.2) is 35.7 Å². The summed E-state index contributed by atoms with van der Waals surface area (Å²) in [6.45, 7) is 4.77. The van der Waals surface area contributed by atoms with Crippen LogP contribution >= 0.6 is 0 Å². The highest BCUT2D eigenvalue weighted by atomic mass is 16.5. The quantitative estimate of drug-likeness (QED) is 0.809. The molecule has 0 spiro atoms. The van der Waals surface area contributed by atoms with Gasteiger partial charge in [0.15, 0.2) is 6.10 Å². The number of ether oxygens (including phenoxy) is 1. The molecule has 1 aromatic rings. The Hall–Kier alpha value is -1.88. The van der Waals surface area contributed by atoms with E-state index < -0.39 is 18.2 Å². The van der Waals surface area contributed by atoms with Gasteiger partial charge in [0.1, 0.15) is 6.10 Å². The summed E-state index contributed by atoms with van der Waals surface area (Å²) < 4.78 is 5.31. The smallest absolute Gasteiger partial charge is 0.332 e. The van der Waals surface area contributed by atoms with Gasteiger partial charge >= 0.3 is 5.97 Å². The van der Waals surface area contributed by atoms with Crippen molar-refractivity contribution in [3.05, 3.63) is 35.9 Å². The number of rotatable bonds is 7. The predicted octanol–water partition coefficient (Wildman–Crippen LogP) is 2.49. The number of carboxylic acids is 1. The summed E-state index contributed by atoms with van der Waals surface area (Å²) in [7, 11) is 0. The molecule has 1 fully saturated rings. The zero-order valence-electron chi connectivity index (χ0n) is 13.7. The molecular weight excluding hydrogens is 294 g/mol. The molecule has 1 saturated heterocycles. The second-order valence-corrected chi connectivity index (χ2v) is 6.10. The van der Waals surface area contributed by atoms with Crippen molar-refractivity contribution in [1.82, 2.24) is 5.32 Å². The molecule has 0 radical (unpaired) electrons. The number of amides is 1. The summed E-state index contributed by atoms with van der Waals surface area (Å²) in [5.74, 6) is -1.21. The standard InChI is InChI=1S/C18H25NO4/c1-3-18(4-2,13-8-6-5-7-9-13)12-19-16(20)14-10-11-15(23-14)17(21)22/h5-9,14-15H,3-4,10-12H2,1-2H3,(H,19,20)(H,21,22)/t14-,15+/m0/s1. The highest BCUT2D eigenvalue weighted by Crippen LogP contribution is 2.31. The maximum Gasteiger partial charge on any atom is 0.332 e. The summed E-state index contributed by atoms with van der Waals surface area (Å²) >= 11 is 0. The number of benzene rings is 1. The molecule has 1 aliphatic rings. The second-order valence-electron chi connectivity index (χ2n) is 6.10. The first-order valence-corrected chi connectivity index (χ1v) is 8.24. The summed E-state index contributed by atoms with van der Waals surface area (Å²) in [5, 5.41) is 11.9. The molecule has 5 nitrogen and oxygen atoms in total. The van der Waals surface area contributed by atoms with E-state index in [0.29, 0.717) is 19.4 Å². The Kier molecular flexibility index (Phi) is 5.77. The lowest BCUT2D eigenvalue weighted by atomic mass is 9.76. The summed E-state index contributed by atoms with van der Waals surface area (Å²) in [4.78, 5) is 23.2. The molecule has 0 aromatic heterocycles. The molecule has 2 atom stereocenters. The van der Waals surface area contributed by atoms with Gasteiger partial charge in [-0.25, -0.2) is 4.79 Å². The Balaban J connectivity index is 2.00. The van der Waals surface area contributed by atoms with E-state index in [2.05, 4.69) is 31.3 Å². The molecule has 1 aliphatic heterocycles. The van der Waals surface area contributed by atoms with Gasteiger partial charge in [-0.2, -0.15) is 0 Å². The lowest BCUT2D eigenvalue weighted by molar-refractivity contribution is -0.151. The SMILES string of the molecule is CCC(CC)(CNC(=O)[C@@H]1CC[C@H](C(=O)O)O1)c1ccccc1. The Labute approximate surface area is 137 Å². The lowest BCUT2D eigenvalue weighted by Gasteiger charge is -2.33. The zero-order chi connectivity index (χ0) is 16.9. The van der Waals surface area contributed by atoms with Crippen molar-refractivity contribution in [3.8, 4) is 0 Å². The maximum atomic E-state index is 12.3. The lowest BCUT2D eigenvalue weighted by Crippen LogP contribution is -2.44. The monoisotopic (exact) mass is 319 g/mol. The summed E-state index contributed by atoms with van der Waals surface area (Å²) in [5.41, 5.74) is 1.10. The van der Waals surface area contributed by atoms with E-state index in [-0.39, 0.29) is 11.3 Å². The first kappa shape index (κ1) is 17.5. The van der Waals surface area contributed by atoms with Gasteiger partial charge < -0.3 is 15.2 Å². The maximum absolute atomic E-state index is 12.3. The van der Waals surface area contributed by atoms with Gasteiger partial charge in [0.2, 0.25) is 5.91 Å². The number of carbonyl (C=O) groups is 2. The van der Waals surface area contributed by atoms with Crippen LogP contribution in [0.15, 0.2) is 30.3 Å². The third-order valence-corrected chi connectivity index (χ3v) is 4.93. The van der Waals surface area contributed by atoms with Crippen molar-refractivity contribution in [2.45, 2.75) is 57.2 Å². The Bertz CT molecular complexity index is 539. The Morgan fingerprint density at radius 2 is 1.78 bits per heavy atom. The van der Waals surface area contributed by atoms with Crippen molar-refractivity contribution < 1.29 is 19.4 Å². The molecule has 1 aromatic carbocycles. The third-order valence-electron chi connectivity index (χ3n) is 4.93. The van der Waals surface area contributed by atoms with Gasteiger partial charge in [0.25, 0.3) is 0 Å². The van der Waals surface area contributed by atoms with Crippen molar-refractivity contribution in [3.63, 3.8) is 0 Å². The molecule has 2 N–H and O–H groups in total. The van der Waals surface area contributed by atoms with Crippen LogP contribution in [0.1, 0.15) is 45.1 Å². The first-order valence-electron chi connectivity index (χ1n) is 8.24. The van der Waals surface area contributed by atoms with E-state index in [1.807, 2.05) is 18.2 Å². The van der Waals surface area contributed by atoms with E-state index in [0.717, 1.165) is 12.8 Å². The average Bonchev–Trinajstić information content (AvgIpc) is 3.07. The third kappa shape index (κ3) is 3.91. The second kappa shape index (κ2) is 7.59. The fourth-order valence-corrected chi connectivity index (χ4v) is 3.18. The van der Waals surface area contributed by atoms with Crippen LogP contribution in [0.5, 0.6) is 0 Å². The molecule has 0 unspecified atom stereocenters. The number of hydrogen-bond acceptors (Lipinski definition) is 3. The summed E-state index contributed by atoms with van der Waals surface area (Å²) in [6.07, 6.45) is 1.16. The molecule has 0 bridgehead atoms. The van der Waals surface area contributed by atoms with Crippen molar-refractivity contribution in [2.75, 3.05) is 6.54 Å². The number of carboxylic acid groups (broad SMARTS) is 1. The minimum atomic E-state index is -0.999. The molecule has 1 amide bonds. The number of nitrogens with one attached hydrogen (secondary N) is 1. The molecule has 126 valence electrons. The molecule has 23 heavy (non-hydrogen) atoms. The Morgan fingerprint density at radius 3 is 2.30 bits per heavy atom. The predicted molar refractivity (Wildman–Crippen MR) is 87.2 cm³/mol. The van der Waals surface area contributed by atoms with Gasteiger partial charge in [-0.15, -0.1) is 0 Å². The highest BCUT2D eigenvalue weighted by molar-refractivity contribution is 5.82. The molecule has 2 rings (SSSR count). The molecule has 0 saturated carbocycles. The van der Waals surface area contributed by atoms with Crippen molar-refractivity contribution in [2.24, 2.45) is 0 Å². The molecular formula is C18H25NO4. The van der Waals surface area contributed by atoms with Crippen LogP contribution in [0.25, 0.3) is 0 Å². The van der Waals surface area contributed by atoms with Gasteiger partial charge in [0, 0.05) is 12.0 Å². The minimum absolute atomic E-state index is 0.109. The normalized spacial score (nSPS) is 21.1. The topological polar surface area (TPSA) is 75.6 Å². The van der Waals surface area contributed by atoms with E-state index in [1.54, 1.807) is 0 Å². The highest BCUT2D eigenvalue weighted by Gasteiger charge is 2.36. The number of carbonyl (C=O) groups excluding carboxylic acids is 1. The van der Waals surface area contributed by atoms with Crippen molar-refractivity contribution in [1.29, 1.82) is 0 Å². The Morgan fingerprint density at radius 1 is 1.17 bits per heavy atom. The fourth-order valence-electron chi connectivity index (χ4n) is 3.18. The number of aliphatic carboxylic acids is 1. The van der Waals surface area contributed by atoms with Gasteiger partial charge in [-0.3, -0.25) is 4.79 Å². The van der Waals surface area contributed by atoms with E-state index in [1.165, 1.54) is 5.56 Å². The van der Waals surface area contributed by atoms with E-state index >= 15 is 0 Å². The van der Waals surface area contributed by atoms with Gasteiger partial charge in [0.05, 0.1) is 0 Å². The zero-order valence-corrected chi connectivity index (χ0v) is 13.7. The van der Waals surface area contributed by atoms with Crippen LogP contribution in [0.4, 0.5) is 0 Å². The molecule has 0 aliphatic carbocycles. The fraction of sp³-hybridized carbons (Fsp3) is 0.556. The number of hydrogen-bond donors (Lipinski definition) is 2. The summed E-state index contributed by atoms with van der Waals surface area (Å²) in [6, 6.07) is 10.2. The van der Waals surface area contributed by atoms with Crippen LogP contribution in [0.3, 0.4) is 0 Å². The minimum Gasteiger partial charge on any atom is -0.479 e. The average molecular weight is 319 g/mol. The van der Waals surface area contributed by atoms with E-state index in [4.69, 9.17) is 9.84 Å². The van der Waals surface area contributed by atoms with Gasteiger partial charge in [-0.05, 0) is 31.2 Å². The van der Waals surface area contributed by atoms with Crippen LogP contribution in [-0.2, 0) is 19.7 Å².